The van der Waals surface area contributed by atoms with Crippen LogP contribution in [0.3, 0.4) is 0 Å². The first-order chi connectivity index (χ1) is 14.9. The zero-order valence-electron chi connectivity index (χ0n) is 16.4. The van der Waals surface area contributed by atoms with Crippen LogP contribution in [0.15, 0.2) is 47.6 Å². The number of nitro benzene ring substituents is 1. The summed E-state index contributed by atoms with van der Waals surface area (Å²) in [7, 11) is 0. The molecular weight excluding hydrogens is 424 g/mol. The first-order valence-corrected chi connectivity index (χ1v) is 9.88. The Balaban J connectivity index is 1.70. The monoisotopic (exact) mass is 442 g/mol. The third-order valence-electron chi connectivity index (χ3n) is 3.95. The van der Waals surface area contributed by atoms with Crippen LogP contribution in [0.1, 0.15) is 22.2 Å². The van der Waals surface area contributed by atoms with Crippen molar-refractivity contribution in [3.05, 3.63) is 63.0 Å². The minimum absolute atomic E-state index is 0.0383. The van der Waals surface area contributed by atoms with Gasteiger partial charge < -0.3 is 15.2 Å². The molecule has 3 N–H and O–H groups in total. The molecule has 2 aromatic carbocycles. The number of nitrogens with zero attached hydrogens (tertiary/aromatic N) is 2. The Hall–Kier alpha value is -3.99. The fraction of sp³-hybridized carbons (Fsp3) is 0.150. The van der Waals surface area contributed by atoms with E-state index in [1.54, 1.807) is 37.3 Å². The van der Waals surface area contributed by atoms with E-state index in [0.29, 0.717) is 33.9 Å². The highest BCUT2D eigenvalue weighted by Crippen LogP contribution is 2.29. The number of carbonyl (C=O) groups excluding carboxylic acids is 2. The Bertz CT molecular complexity index is 1170. The van der Waals surface area contributed by atoms with Gasteiger partial charge in [0, 0.05) is 22.2 Å². The molecule has 0 saturated carbocycles. The molecule has 0 atom stereocenters. The number of hydrogen-bond acceptors (Lipinski definition) is 8. The topological polar surface area (TPSA) is 146 Å². The van der Waals surface area contributed by atoms with Crippen LogP contribution >= 0.6 is 11.3 Å². The quantitative estimate of drug-likeness (QED) is 0.296. The second kappa shape index (κ2) is 9.67. The number of fused-ring (bicyclic) bond motifs is 1. The zero-order valence-corrected chi connectivity index (χ0v) is 17.2. The Morgan fingerprint density at radius 2 is 2.00 bits per heavy atom. The summed E-state index contributed by atoms with van der Waals surface area (Å²) in [6.07, 6.45) is 1.43. The summed E-state index contributed by atoms with van der Waals surface area (Å²) in [5, 5.41) is 15.4. The van der Waals surface area contributed by atoms with E-state index in [1.165, 1.54) is 29.7 Å². The number of non-ortho nitro benzene ring substituents is 1. The van der Waals surface area contributed by atoms with Crippen molar-refractivity contribution >= 4 is 45.1 Å². The van der Waals surface area contributed by atoms with Crippen molar-refractivity contribution in [1.29, 1.82) is 0 Å². The van der Waals surface area contributed by atoms with Gasteiger partial charge in [0.2, 0.25) is 0 Å². The van der Waals surface area contributed by atoms with E-state index in [2.05, 4.69) is 10.5 Å². The first-order valence-electron chi connectivity index (χ1n) is 9.06. The molecule has 0 aliphatic carbocycles. The van der Waals surface area contributed by atoms with E-state index < -0.39 is 16.7 Å². The van der Waals surface area contributed by atoms with Gasteiger partial charge in [-0.1, -0.05) is 0 Å². The highest BCUT2D eigenvalue weighted by molar-refractivity contribution is 7.20. The minimum atomic E-state index is -0.605. The molecule has 0 saturated heterocycles. The fourth-order valence-corrected chi connectivity index (χ4v) is 3.55. The maximum Gasteiger partial charge on any atom is 0.281 e. The van der Waals surface area contributed by atoms with E-state index in [9.17, 15) is 19.7 Å². The average molecular weight is 442 g/mol. The lowest BCUT2D eigenvalue weighted by Gasteiger charge is -2.11. The SMILES string of the molecule is CCOc1cc(C=NNC(=O)c2cc3cc([N+](=O)[O-])ccc3s2)ccc1OCC(N)=O. The second-order valence-corrected chi connectivity index (χ2v) is 7.27. The van der Waals surface area contributed by atoms with E-state index >= 15 is 0 Å². The lowest BCUT2D eigenvalue weighted by molar-refractivity contribution is -0.384. The Labute approximate surface area is 180 Å². The summed E-state index contributed by atoms with van der Waals surface area (Å²) < 4.78 is 11.6. The Morgan fingerprint density at radius 3 is 2.71 bits per heavy atom. The molecular formula is C20H18N4O6S. The number of hydrogen-bond donors (Lipinski definition) is 2. The van der Waals surface area contributed by atoms with Crippen molar-refractivity contribution in [3.63, 3.8) is 0 Å². The molecule has 0 bridgehead atoms. The summed E-state index contributed by atoms with van der Waals surface area (Å²) in [4.78, 5) is 34.0. The van der Waals surface area contributed by atoms with Gasteiger partial charge in [-0.3, -0.25) is 19.7 Å². The van der Waals surface area contributed by atoms with Crippen LogP contribution in [-0.2, 0) is 4.79 Å². The fourth-order valence-electron chi connectivity index (χ4n) is 2.62. The number of thiophene rings is 1. The van der Waals surface area contributed by atoms with Gasteiger partial charge in [0.05, 0.1) is 22.6 Å². The zero-order chi connectivity index (χ0) is 22.4. The van der Waals surface area contributed by atoms with Crippen LogP contribution in [0.25, 0.3) is 10.1 Å². The molecule has 0 radical (unpaired) electrons. The van der Waals surface area contributed by atoms with Crippen LogP contribution in [0, 0.1) is 10.1 Å². The number of nitro groups is 1. The maximum absolute atomic E-state index is 12.4. The van der Waals surface area contributed by atoms with Crippen molar-refractivity contribution in [2.45, 2.75) is 6.92 Å². The molecule has 3 aromatic rings. The van der Waals surface area contributed by atoms with Gasteiger partial charge in [-0.05, 0) is 42.8 Å². The smallest absolute Gasteiger partial charge is 0.281 e. The first kappa shape index (κ1) is 21.7. The standard InChI is InChI=1S/C20H18N4O6S/c1-2-29-16-7-12(3-5-15(16)30-11-19(21)25)10-22-23-20(26)18-9-13-8-14(24(27)28)4-6-17(13)31-18/h3-10H,2,11H2,1H3,(H2,21,25)(H,23,26). The molecule has 0 aliphatic heterocycles. The predicted octanol–water partition coefficient (Wildman–Crippen LogP) is 2.84. The number of ether oxygens (including phenoxy) is 2. The van der Waals surface area contributed by atoms with Gasteiger partial charge in [0.15, 0.2) is 18.1 Å². The number of carbonyl (C=O) groups is 2. The van der Waals surface area contributed by atoms with Crippen LogP contribution in [0.5, 0.6) is 11.5 Å². The van der Waals surface area contributed by atoms with Crippen molar-refractivity contribution < 1.29 is 24.0 Å². The maximum atomic E-state index is 12.4. The molecule has 160 valence electrons. The van der Waals surface area contributed by atoms with E-state index in [4.69, 9.17) is 15.2 Å². The third-order valence-corrected chi connectivity index (χ3v) is 5.07. The molecule has 0 fully saturated rings. The summed E-state index contributed by atoms with van der Waals surface area (Å²) >= 11 is 1.21. The largest absolute Gasteiger partial charge is 0.490 e. The van der Waals surface area contributed by atoms with Gasteiger partial charge >= 0.3 is 0 Å². The lowest BCUT2D eigenvalue weighted by Crippen LogP contribution is -2.20. The van der Waals surface area contributed by atoms with Gasteiger partial charge in [0.25, 0.3) is 17.5 Å². The lowest BCUT2D eigenvalue weighted by atomic mass is 10.2. The van der Waals surface area contributed by atoms with E-state index in [-0.39, 0.29) is 12.3 Å². The normalized spacial score (nSPS) is 10.9. The van der Waals surface area contributed by atoms with Gasteiger partial charge in [-0.25, -0.2) is 5.43 Å². The molecule has 0 unspecified atom stereocenters. The third kappa shape index (κ3) is 5.54. The summed E-state index contributed by atoms with van der Waals surface area (Å²) in [6, 6.07) is 10.9. The minimum Gasteiger partial charge on any atom is -0.490 e. The summed E-state index contributed by atoms with van der Waals surface area (Å²) in [5.41, 5.74) is 8.10. The van der Waals surface area contributed by atoms with Crippen molar-refractivity contribution in [2.75, 3.05) is 13.2 Å². The molecule has 11 heteroatoms. The number of nitrogens with two attached hydrogens (primary N) is 1. The molecule has 3 rings (SSSR count). The second-order valence-electron chi connectivity index (χ2n) is 6.18. The van der Waals surface area contributed by atoms with Crippen LogP contribution in [-0.4, -0.2) is 36.2 Å². The van der Waals surface area contributed by atoms with Crippen molar-refractivity contribution in [1.82, 2.24) is 5.43 Å². The molecule has 0 aliphatic rings. The highest BCUT2D eigenvalue weighted by Gasteiger charge is 2.13. The van der Waals surface area contributed by atoms with Crippen LogP contribution in [0.4, 0.5) is 5.69 Å². The van der Waals surface area contributed by atoms with Gasteiger partial charge in [-0.15, -0.1) is 11.3 Å². The van der Waals surface area contributed by atoms with Gasteiger partial charge in [-0.2, -0.15) is 5.10 Å². The molecule has 31 heavy (non-hydrogen) atoms. The van der Waals surface area contributed by atoms with Crippen molar-refractivity contribution in [2.24, 2.45) is 10.8 Å². The van der Waals surface area contributed by atoms with E-state index in [0.717, 1.165) is 4.70 Å². The van der Waals surface area contributed by atoms with Gasteiger partial charge in [0.1, 0.15) is 0 Å². The number of benzene rings is 2. The summed E-state index contributed by atoms with van der Waals surface area (Å²) in [6.45, 7) is 1.91. The van der Waals surface area contributed by atoms with E-state index in [1.807, 2.05) is 0 Å². The Morgan fingerprint density at radius 1 is 1.19 bits per heavy atom. The number of hydrazone groups is 1. The molecule has 0 spiro atoms. The number of primary amides is 1. The molecule has 1 aromatic heterocycles. The Kier molecular flexibility index (Phi) is 6.78. The highest BCUT2D eigenvalue weighted by atomic mass is 32.1. The van der Waals surface area contributed by atoms with Crippen LogP contribution < -0.4 is 20.6 Å². The van der Waals surface area contributed by atoms with Crippen LogP contribution in [0.2, 0.25) is 0 Å². The molecule has 2 amide bonds. The summed E-state index contributed by atoms with van der Waals surface area (Å²) in [5.74, 6) is -0.274. The molecule has 10 nitrogen and oxygen atoms in total. The van der Waals surface area contributed by atoms with Crippen molar-refractivity contribution in [3.8, 4) is 11.5 Å². The predicted molar refractivity (Wildman–Crippen MR) is 116 cm³/mol. The molecule has 1 heterocycles. The number of amides is 2. The number of rotatable bonds is 9. The number of nitrogens with one attached hydrogen (secondary N) is 1. The average Bonchev–Trinajstić information content (AvgIpc) is 3.16.